The topological polar surface area (TPSA) is 76.9 Å². The summed E-state index contributed by atoms with van der Waals surface area (Å²) >= 11 is 0. The number of anilines is 2. The van der Waals surface area contributed by atoms with E-state index in [1.165, 1.54) is 32.1 Å². The molecule has 1 aliphatic carbocycles. The van der Waals surface area contributed by atoms with Crippen molar-refractivity contribution in [2.75, 3.05) is 23.8 Å². The Labute approximate surface area is 148 Å². The standard InChI is InChI=1S/C18H28N6O/c1-2-24-12-20-15-16(21-13-7-4-3-5-8-13)22-18(23-17(15)24)19-11-14-9-6-10-25-14/h12-14H,2-11H2,1H3,(H2,19,21,22,23). The summed E-state index contributed by atoms with van der Waals surface area (Å²) in [6.45, 7) is 4.58. The number of ether oxygens (including phenoxy) is 1. The lowest BCUT2D eigenvalue weighted by atomic mass is 9.95. The van der Waals surface area contributed by atoms with Crippen LogP contribution in [0.15, 0.2) is 6.33 Å². The maximum Gasteiger partial charge on any atom is 0.226 e. The minimum atomic E-state index is 0.269. The SMILES string of the molecule is CCn1cnc2c(NC3CCCCC3)nc(NCC3CCCO3)nc21. The first-order valence-corrected chi connectivity index (χ1v) is 9.68. The molecule has 0 spiro atoms. The van der Waals surface area contributed by atoms with Crippen LogP contribution in [0.4, 0.5) is 11.8 Å². The van der Waals surface area contributed by atoms with Crippen molar-refractivity contribution in [2.45, 2.75) is 70.6 Å². The summed E-state index contributed by atoms with van der Waals surface area (Å²) < 4.78 is 7.76. The number of aromatic nitrogens is 4. The minimum absolute atomic E-state index is 0.269. The molecule has 1 saturated heterocycles. The van der Waals surface area contributed by atoms with Gasteiger partial charge in [-0.3, -0.25) is 0 Å². The number of nitrogens with zero attached hydrogens (tertiary/aromatic N) is 4. The Bertz CT molecular complexity index is 703. The molecule has 7 nitrogen and oxygen atoms in total. The minimum Gasteiger partial charge on any atom is -0.376 e. The maximum absolute atomic E-state index is 5.69. The third-order valence-corrected chi connectivity index (χ3v) is 5.26. The number of aryl methyl sites for hydroxylation is 1. The second-order valence-electron chi connectivity index (χ2n) is 7.09. The predicted molar refractivity (Wildman–Crippen MR) is 99.0 cm³/mol. The lowest BCUT2D eigenvalue weighted by molar-refractivity contribution is 0.120. The van der Waals surface area contributed by atoms with Gasteiger partial charge in [0.1, 0.15) is 0 Å². The molecular weight excluding hydrogens is 316 g/mol. The van der Waals surface area contributed by atoms with E-state index in [4.69, 9.17) is 14.7 Å². The van der Waals surface area contributed by atoms with Crippen LogP contribution in [-0.4, -0.2) is 44.8 Å². The lowest BCUT2D eigenvalue weighted by Gasteiger charge is -2.23. The van der Waals surface area contributed by atoms with Gasteiger partial charge in [-0.1, -0.05) is 19.3 Å². The normalized spacial score (nSPS) is 21.7. The fourth-order valence-electron chi connectivity index (χ4n) is 3.81. The molecule has 2 aliphatic rings. The summed E-state index contributed by atoms with van der Waals surface area (Å²) in [5.41, 5.74) is 1.76. The van der Waals surface area contributed by atoms with Gasteiger partial charge in [-0.15, -0.1) is 0 Å². The van der Waals surface area contributed by atoms with E-state index in [-0.39, 0.29) is 6.10 Å². The van der Waals surface area contributed by atoms with Gasteiger partial charge in [-0.2, -0.15) is 9.97 Å². The molecule has 2 N–H and O–H groups in total. The Hall–Kier alpha value is -1.89. The molecule has 136 valence electrons. The monoisotopic (exact) mass is 344 g/mol. The molecule has 1 saturated carbocycles. The van der Waals surface area contributed by atoms with Crippen LogP contribution in [0.5, 0.6) is 0 Å². The van der Waals surface area contributed by atoms with E-state index in [0.29, 0.717) is 12.0 Å². The van der Waals surface area contributed by atoms with E-state index in [1.807, 2.05) is 6.33 Å². The molecule has 0 bridgehead atoms. The molecular formula is C18H28N6O. The second-order valence-corrected chi connectivity index (χ2v) is 7.09. The quantitative estimate of drug-likeness (QED) is 0.838. The van der Waals surface area contributed by atoms with Crippen molar-refractivity contribution < 1.29 is 4.74 Å². The van der Waals surface area contributed by atoms with Crippen LogP contribution in [0.25, 0.3) is 11.2 Å². The molecule has 4 rings (SSSR count). The molecule has 0 radical (unpaired) electrons. The molecule has 3 heterocycles. The highest BCUT2D eigenvalue weighted by Crippen LogP contribution is 2.26. The summed E-state index contributed by atoms with van der Waals surface area (Å²) in [6, 6.07) is 0.490. The van der Waals surface area contributed by atoms with Gasteiger partial charge in [0.05, 0.1) is 12.4 Å². The van der Waals surface area contributed by atoms with E-state index in [0.717, 1.165) is 49.5 Å². The van der Waals surface area contributed by atoms with Crippen molar-refractivity contribution in [3.8, 4) is 0 Å². The zero-order valence-electron chi connectivity index (χ0n) is 15.0. The number of rotatable bonds is 6. The van der Waals surface area contributed by atoms with Crippen LogP contribution in [0.2, 0.25) is 0 Å². The third kappa shape index (κ3) is 3.71. The molecule has 0 amide bonds. The number of imidazole rings is 1. The first-order chi connectivity index (χ1) is 12.3. The molecule has 2 aromatic rings. The van der Waals surface area contributed by atoms with Crippen LogP contribution < -0.4 is 10.6 Å². The number of fused-ring (bicyclic) bond motifs is 1. The van der Waals surface area contributed by atoms with Crippen LogP contribution in [-0.2, 0) is 11.3 Å². The van der Waals surface area contributed by atoms with Crippen LogP contribution in [0.3, 0.4) is 0 Å². The van der Waals surface area contributed by atoms with Crippen molar-refractivity contribution in [1.82, 2.24) is 19.5 Å². The summed E-state index contributed by atoms with van der Waals surface area (Å²) in [5, 5.41) is 7.00. The zero-order valence-corrected chi connectivity index (χ0v) is 15.0. The summed E-state index contributed by atoms with van der Waals surface area (Å²) in [6.07, 6.45) is 10.7. The molecule has 1 aliphatic heterocycles. The highest BCUT2D eigenvalue weighted by molar-refractivity contribution is 5.84. The number of hydrogen-bond donors (Lipinski definition) is 2. The maximum atomic E-state index is 5.69. The van der Waals surface area contributed by atoms with E-state index in [1.54, 1.807) is 0 Å². The number of nitrogens with one attached hydrogen (secondary N) is 2. The van der Waals surface area contributed by atoms with Crippen LogP contribution in [0.1, 0.15) is 51.9 Å². The van der Waals surface area contributed by atoms with E-state index < -0.39 is 0 Å². The van der Waals surface area contributed by atoms with Gasteiger partial charge in [-0.05, 0) is 32.6 Å². The Morgan fingerprint density at radius 2 is 2.04 bits per heavy atom. The van der Waals surface area contributed by atoms with Gasteiger partial charge >= 0.3 is 0 Å². The molecule has 7 heteroatoms. The smallest absolute Gasteiger partial charge is 0.226 e. The Morgan fingerprint density at radius 3 is 2.80 bits per heavy atom. The van der Waals surface area contributed by atoms with Gasteiger partial charge in [-0.25, -0.2) is 4.98 Å². The highest BCUT2D eigenvalue weighted by Gasteiger charge is 2.20. The number of hydrogen-bond acceptors (Lipinski definition) is 6. The van der Waals surface area contributed by atoms with E-state index in [2.05, 4.69) is 27.1 Å². The average molecular weight is 344 g/mol. The average Bonchev–Trinajstić information content (AvgIpc) is 3.30. The first kappa shape index (κ1) is 16.6. The zero-order chi connectivity index (χ0) is 17.1. The van der Waals surface area contributed by atoms with Crippen molar-refractivity contribution in [2.24, 2.45) is 0 Å². The van der Waals surface area contributed by atoms with Gasteiger partial charge in [0.2, 0.25) is 5.95 Å². The molecule has 1 unspecified atom stereocenters. The Morgan fingerprint density at radius 1 is 1.16 bits per heavy atom. The van der Waals surface area contributed by atoms with Crippen molar-refractivity contribution in [3.05, 3.63) is 6.33 Å². The summed E-state index contributed by atoms with van der Waals surface area (Å²) in [7, 11) is 0. The van der Waals surface area contributed by atoms with Crippen LogP contribution in [0, 0.1) is 0 Å². The van der Waals surface area contributed by atoms with Gasteiger partial charge in [0.15, 0.2) is 17.0 Å². The van der Waals surface area contributed by atoms with E-state index in [9.17, 15) is 0 Å². The lowest BCUT2D eigenvalue weighted by Crippen LogP contribution is -2.24. The predicted octanol–water partition coefficient (Wildman–Crippen LogP) is 3.18. The Balaban J connectivity index is 1.58. The van der Waals surface area contributed by atoms with Crippen LogP contribution >= 0.6 is 0 Å². The van der Waals surface area contributed by atoms with Gasteiger partial charge < -0.3 is 19.9 Å². The fourth-order valence-corrected chi connectivity index (χ4v) is 3.81. The third-order valence-electron chi connectivity index (χ3n) is 5.26. The van der Waals surface area contributed by atoms with Crippen molar-refractivity contribution in [1.29, 1.82) is 0 Å². The molecule has 1 atom stereocenters. The summed E-state index contributed by atoms with van der Waals surface area (Å²) in [5.74, 6) is 1.52. The van der Waals surface area contributed by atoms with Crippen molar-refractivity contribution in [3.63, 3.8) is 0 Å². The van der Waals surface area contributed by atoms with Crippen molar-refractivity contribution >= 4 is 22.9 Å². The Kier molecular flexibility index (Phi) is 5.01. The molecule has 0 aromatic carbocycles. The fraction of sp³-hybridized carbons (Fsp3) is 0.722. The second kappa shape index (κ2) is 7.56. The molecule has 2 aromatic heterocycles. The largest absolute Gasteiger partial charge is 0.376 e. The first-order valence-electron chi connectivity index (χ1n) is 9.68. The van der Waals surface area contributed by atoms with Gasteiger partial charge in [0.25, 0.3) is 0 Å². The van der Waals surface area contributed by atoms with Gasteiger partial charge in [0, 0.05) is 25.7 Å². The highest BCUT2D eigenvalue weighted by atomic mass is 16.5. The summed E-state index contributed by atoms with van der Waals surface area (Å²) in [4.78, 5) is 14.0. The molecule has 2 fully saturated rings. The molecule has 25 heavy (non-hydrogen) atoms. The van der Waals surface area contributed by atoms with E-state index >= 15 is 0 Å².